The Bertz CT molecular complexity index is 561. The van der Waals surface area contributed by atoms with Gasteiger partial charge in [0.25, 0.3) is 0 Å². The summed E-state index contributed by atoms with van der Waals surface area (Å²) >= 11 is 0. The van der Waals surface area contributed by atoms with Crippen molar-refractivity contribution < 1.29 is 17.4 Å². The number of H-pyrrole nitrogens is 1. The van der Waals surface area contributed by atoms with E-state index in [1.807, 2.05) is 0 Å². The molecule has 1 aromatic carbocycles. The Kier molecular flexibility index (Phi) is 2.49. The number of benzene rings is 1. The van der Waals surface area contributed by atoms with Crippen LogP contribution in [-0.2, 0) is 17.0 Å². The standard InChI is InChI=1S/C9H7F3N2OS/c1-16(15)8-5-3-2-4-6(9(10,11)12)7(5)13-14-8/h2-4H,1H3,(H,13,14). The summed E-state index contributed by atoms with van der Waals surface area (Å²) < 4.78 is 49.0. The maximum absolute atomic E-state index is 12.6. The molecule has 0 spiro atoms. The SMILES string of the molecule is CS(=O)c1[nH]nc2c(C(F)(F)F)cccc12. The Hall–Kier alpha value is -1.37. The predicted molar refractivity (Wildman–Crippen MR) is 53.4 cm³/mol. The minimum Gasteiger partial charge on any atom is -0.268 e. The molecule has 2 aromatic rings. The van der Waals surface area contributed by atoms with Gasteiger partial charge in [-0.15, -0.1) is 0 Å². The van der Waals surface area contributed by atoms with Gasteiger partial charge < -0.3 is 0 Å². The van der Waals surface area contributed by atoms with Gasteiger partial charge in [0.15, 0.2) is 0 Å². The quantitative estimate of drug-likeness (QED) is 0.841. The molecular weight excluding hydrogens is 241 g/mol. The van der Waals surface area contributed by atoms with E-state index in [1.54, 1.807) is 0 Å². The first-order chi connectivity index (χ1) is 7.41. The number of aromatic amines is 1. The van der Waals surface area contributed by atoms with Gasteiger partial charge in [0.2, 0.25) is 0 Å². The van der Waals surface area contributed by atoms with Crippen molar-refractivity contribution in [2.24, 2.45) is 0 Å². The normalized spacial score (nSPS) is 14.2. The van der Waals surface area contributed by atoms with Crippen LogP contribution in [0, 0.1) is 0 Å². The number of aromatic nitrogens is 2. The third-order valence-electron chi connectivity index (χ3n) is 2.14. The molecule has 1 heterocycles. The van der Waals surface area contributed by atoms with E-state index < -0.39 is 22.5 Å². The van der Waals surface area contributed by atoms with Gasteiger partial charge >= 0.3 is 6.18 Å². The lowest BCUT2D eigenvalue weighted by Crippen LogP contribution is -2.05. The first-order valence-electron chi connectivity index (χ1n) is 4.29. The van der Waals surface area contributed by atoms with Crippen LogP contribution in [0.1, 0.15) is 5.56 Å². The molecule has 0 aliphatic carbocycles. The van der Waals surface area contributed by atoms with Gasteiger partial charge in [-0.1, -0.05) is 6.07 Å². The van der Waals surface area contributed by atoms with Gasteiger partial charge in [-0.25, -0.2) is 0 Å². The predicted octanol–water partition coefficient (Wildman–Crippen LogP) is 2.32. The number of rotatable bonds is 1. The highest BCUT2D eigenvalue weighted by Crippen LogP contribution is 2.34. The fraction of sp³-hybridized carbons (Fsp3) is 0.222. The van der Waals surface area contributed by atoms with Crippen LogP contribution in [0.15, 0.2) is 23.2 Å². The van der Waals surface area contributed by atoms with Crippen LogP contribution in [-0.4, -0.2) is 20.7 Å². The fourth-order valence-electron chi connectivity index (χ4n) is 1.46. The molecule has 1 atom stereocenters. The zero-order valence-electron chi connectivity index (χ0n) is 8.13. The van der Waals surface area contributed by atoms with Crippen molar-refractivity contribution >= 4 is 21.7 Å². The average Bonchev–Trinajstić information content (AvgIpc) is 2.58. The second kappa shape index (κ2) is 3.58. The van der Waals surface area contributed by atoms with Crippen LogP contribution in [0.4, 0.5) is 13.2 Å². The second-order valence-electron chi connectivity index (χ2n) is 3.21. The number of hydrogen-bond acceptors (Lipinski definition) is 2. The molecule has 1 aromatic heterocycles. The Morgan fingerprint density at radius 2 is 2.06 bits per heavy atom. The largest absolute Gasteiger partial charge is 0.418 e. The topological polar surface area (TPSA) is 45.8 Å². The van der Waals surface area contributed by atoms with E-state index >= 15 is 0 Å². The molecule has 0 bridgehead atoms. The van der Waals surface area contributed by atoms with E-state index in [0.29, 0.717) is 0 Å². The molecular formula is C9H7F3N2OS. The molecule has 1 unspecified atom stereocenters. The first kappa shape index (κ1) is 11.1. The molecule has 0 fully saturated rings. The number of nitrogens with zero attached hydrogens (tertiary/aromatic N) is 1. The van der Waals surface area contributed by atoms with Crippen molar-refractivity contribution in [3.8, 4) is 0 Å². The van der Waals surface area contributed by atoms with Crippen molar-refractivity contribution in [3.63, 3.8) is 0 Å². The van der Waals surface area contributed by atoms with Crippen molar-refractivity contribution in [1.29, 1.82) is 0 Å². The van der Waals surface area contributed by atoms with E-state index in [2.05, 4.69) is 10.2 Å². The average molecular weight is 248 g/mol. The molecule has 3 nitrogen and oxygen atoms in total. The Morgan fingerprint density at radius 3 is 2.62 bits per heavy atom. The van der Waals surface area contributed by atoms with Crippen molar-refractivity contribution in [1.82, 2.24) is 10.2 Å². The highest BCUT2D eigenvalue weighted by atomic mass is 32.2. The molecule has 16 heavy (non-hydrogen) atoms. The summed E-state index contributed by atoms with van der Waals surface area (Å²) in [5, 5.41) is 6.40. The molecule has 0 aliphatic heterocycles. The zero-order valence-corrected chi connectivity index (χ0v) is 8.95. The summed E-state index contributed by atoms with van der Waals surface area (Å²) in [5.41, 5.74) is -1.02. The number of halogens is 3. The summed E-state index contributed by atoms with van der Waals surface area (Å²) in [6.07, 6.45) is -3.07. The molecule has 0 aliphatic rings. The molecule has 1 N–H and O–H groups in total. The minimum absolute atomic E-state index is 0.194. The van der Waals surface area contributed by atoms with Crippen molar-refractivity contribution in [3.05, 3.63) is 23.8 Å². The summed E-state index contributed by atoms with van der Waals surface area (Å²) in [6, 6.07) is 3.69. The van der Waals surface area contributed by atoms with Crippen LogP contribution in [0.25, 0.3) is 10.9 Å². The van der Waals surface area contributed by atoms with Crippen LogP contribution in [0.2, 0.25) is 0 Å². The van der Waals surface area contributed by atoms with E-state index in [9.17, 15) is 17.4 Å². The molecule has 0 amide bonds. The molecule has 0 radical (unpaired) electrons. The first-order valence-corrected chi connectivity index (χ1v) is 5.85. The number of hydrogen-bond donors (Lipinski definition) is 1. The zero-order chi connectivity index (χ0) is 11.9. The van der Waals surface area contributed by atoms with Gasteiger partial charge in [-0.3, -0.25) is 9.31 Å². The van der Waals surface area contributed by atoms with Crippen molar-refractivity contribution in [2.45, 2.75) is 11.2 Å². The van der Waals surface area contributed by atoms with Gasteiger partial charge in [0.1, 0.15) is 10.5 Å². The lowest BCUT2D eigenvalue weighted by Gasteiger charge is -2.06. The molecule has 7 heteroatoms. The van der Waals surface area contributed by atoms with Gasteiger partial charge in [0.05, 0.1) is 16.4 Å². The summed E-state index contributed by atoms with van der Waals surface area (Å²) in [5.74, 6) is 0. The highest BCUT2D eigenvalue weighted by Gasteiger charge is 2.34. The smallest absolute Gasteiger partial charge is 0.268 e. The number of para-hydroxylation sites is 1. The van der Waals surface area contributed by atoms with Crippen LogP contribution in [0.3, 0.4) is 0 Å². The van der Waals surface area contributed by atoms with Crippen LogP contribution in [0.5, 0.6) is 0 Å². The van der Waals surface area contributed by atoms with E-state index in [1.165, 1.54) is 18.4 Å². The fourth-order valence-corrected chi connectivity index (χ4v) is 2.11. The lowest BCUT2D eigenvalue weighted by atomic mass is 10.1. The Labute approximate surface area is 91.1 Å². The molecule has 0 saturated heterocycles. The summed E-state index contributed by atoms with van der Waals surface area (Å²) in [7, 11) is -1.39. The number of alkyl halides is 3. The number of nitrogens with one attached hydrogen (secondary N) is 1. The lowest BCUT2D eigenvalue weighted by molar-refractivity contribution is -0.136. The molecule has 2 rings (SSSR count). The highest BCUT2D eigenvalue weighted by molar-refractivity contribution is 7.84. The number of fused-ring (bicyclic) bond motifs is 1. The van der Waals surface area contributed by atoms with Gasteiger partial charge in [-0.05, 0) is 12.1 Å². The molecule has 86 valence electrons. The molecule has 0 saturated carbocycles. The minimum atomic E-state index is -4.46. The third kappa shape index (κ3) is 1.71. The van der Waals surface area contributed by atoms with E-state index in [0.717, 1.165) is 6.07 Å². The summed E-state index contributed by atoms with van der Waals surface area (Å²) in [4.78, 5) is 0. The Morgan fingerprint density at radius 1 is 1.38 bits per heavy atom. The van der Waals surface area contributed by atoms with E-state index in [4.69, 9.17) is 0 Å². The van der Waals surface area contributed by atoms with Gasteiger partial charge in [-0.2, -0.15) is 18.3 Å². The Balaban J connectivity index is 2.77. The monoisotopic (exact) mass is 248 g/mol. The van der Waals surface area contributed by atoms with Crippen LogP contribution < -0.4 is 0 Å². The maximum atomic E-state index is 12.6. The van der Waals surface area contributed by atoms with Crippen LogP contribution >= 0.6 is 0 Å². The third-order valence-corrected chi connectivity index (χ3v) is 3.03. The second-order valence-corrected chi connectivity index (χ2v) is 4.52. The van der Waals surface area contributed by atoms with Crippen molar-refractivity contribution in [2.75, 3.05) is 6.26 Å². The van der Waals surface area contributed by atoms with E-state index in [-0.39, 0.29) is 15.9 Å². The van der Waals surface area contributed by atoms with Gasteiger partial charge in [0, 0.05) is 11.6 Å². The summed E-state index contributed by atoms with van der Waals surface area (Å²) in [6.45, 7) is 0. The maximum Gasteiger partial charge on any atom is 0.418 e.